The van der Waals surface area contributed by atoms with Crippen molar-refractivity contribution in [1.29, 1.82) is 0 Å². The first-order valence-electron chi connectivity index (χ1n) is 14.2. The standard InChI is InChI=1S/C32H38ClN3O4S/c1-3-29(32(38)34-26-15-10-11-16-26)35(22-21-25-13-6-4-7-14-25)31(37)23-36(30-20-12-19-28(33)24(30)2)41(39,40)27-17-8-5-9-18-27/h4-9,12-14,17-20,26,29H,3,10-11,15-16,21-23H2,1-2H3,(H,34,38). The average Bonchev–Trinajstić information content (AvgIpc) is 3.49. The summed E-state index contributed by atoms with van der Waals surface area (Å²) in [6, 6.07) is 22.1. The van der Waals surface area contributed by atoms with E-state index in [9.17, 15) is 18.0 Å². The number of rotatable bonds is 12. The molecule has 0 saturated heterocycles. The van der Waals surface area contributed by atoms with Crippen molar-refractivity contribution in [2.24, 2.45) is 0 Å². The fourth-order valence-electron chi connectivity index (χ4n) is 5.36. The van der Waals surface area contributed by atoms with E-state index < -0.39 is 28.5 Å². The molecule has 1 atom stereocenters. The molecule has 3 aromatic rings. The molecule has 0 heterocycles. The highest BCUT2D eigenvalue weighted by Gasteiger charge is 2.34. The predicted molar refractivity (Wildman–Crippen MR) is 163 cm³/mol. The lowest BCUT2D eigenvalue weighted by atomic mass is 10.1. The third-order valence-corrected chi connectivity index (χ3v) is 9.87. The van der Waals surface area contributed by atoms with E-state index in [4.69, 9.17) is 11.6 Å². The van der Waals surface area contributed by atoms with Crippen LogP contribution in [0.4, 0.5) is 5.69 Å². The summed E-state index contributed by atoms with van der Waals surface area (Å²) in [6.07, 6.45) is 4.93. The molecule has 0 aliphatic heterocycles. The third kappa shape index (κ3) is 7.49. The van der Waals surface area contributed by atoms with Crippen LogP contribution in [0.3, 0.4) is 0 Å². The van der Waals surface area contributed by atoms with Crippen molar-refractivity contribution in [2.75, 3.05) is 17.4 Å². The molecule has 2 amide bonds. The lowest BCUT2D eigenvalue weighted by Gasteiger charge is -2.34. The van der Waals surface area contributed by atoms with Crippen LogP contribution in [-0.2, 0) is 26.0 Å². The maximum absolute atomic E-state index is 14.2. The molecule has 1 fully saturated rings. The fourth-order valence-corrected chi connectivity index (χ4v) is 7.02. The van der Waals surface area contributed by atoms with Crippen molar-refractivity contribution in [3.8, 4) is 0 Å². The maximum Gasteiger partial charge on any atom is 0.264 e. The lowest BCUT2D eigenvalue weighted by molar-refractivity contribution is -0.139. The van der Waals surface area contributed by atoms with Gasteiger partial charge in [-0.05, 0) is 68.0 Å². The van der Waals surface area contributed by atoms with E-state index in [1.165, 1.54) is 12.1 Å². The first kappa shape index (κ1) is 30.6. The molecule has 1 saturated carbocycles. The monoisotopic (exact) mass is 595 g/mol. The maximum atomic E-state index is 14.2. The molecule has 0 spiro atoms. The van der Waals surface area contributed by atoms with E-state index in [1.807, 2.05) is 37.3 Å². The molecule has 0 bridgehead atoms. The Labute approximate surface area is 248 Å². The van der Waals surface area contributed by atoms with Gasteiger partial charge in [0.05, 0.1) is 10.6 Å². The van der Waals surface area contributed by atoms with Gasteiger partial charge in [0.25, 0.3) is 10.0 Å². The Hall–Kier alpha value is -3.36. The number of nitrogens with zero attached hydrogens (tertiary/aromatic N) is 2. The minimum Gasteiger partial charge on any atom is -0.352 e. The molecule has 1 N–H and O–H groups in total. The van der Waals surface area contributed by atoms with Gasteiger partial charge in [0.1, 0.15) is 12.6 Å². The second kappa shape index (κ2) is 14.0. The number of halogens is 1. The first-order valence-corrected chi connectivity index (χ1v) is 16.0. The average molecular weight is 596 g/mol. The molecular weight excluding hydrogens is 558 g/mol. The van der Waals surface area contributed by atoms with Gasteiger partial charge >= 0.3 is 0 Å². The summed E-state index contributed by atoms with van der Waals surface area (Å²) < 4.78 is 29.1. The Bertz CT molecular complexity index is 1430. The number of benzene rings is 3. The van der Waals surface area contributed by atoms with Crippen molar-refractivity contribution in [2.45, 2.75) is 69.4 Å². The zero-order valence-electron chi connectivity index (χ0n) is 23.6. The predicted octanol–water partition coefficient (Wildman–Crippen LogP) is 5.75. The van der Waals surface area contributed by atoms with E-state index in [0.717, 1.165) is 35.6 Å². The largest absolute Gasteiger partial charge is 0.352 e. The zero-order chi connectivity index (χ0) is 29.4. The number of carbonyl (C=O) groups excluding carboxylic acids is 2. The Morgan fingerprint density at radius 2 is 1.59 bits per heavy atom. The highest BCUT2D eigenvalue weighted by atomic mass is 35.5. The smallest absolute Gasteiger partial charge is 0.264 e. The molecule has 1 aliphatic rings. The van der Waals surface area contributed by atoms with Gasteiger partial charge < -0.3 is 10.2 Å². The molecule has 41 heavy (non-hydrogen) atoms. The zero-order valence-corrected chi connectivity index (χ0v) is 25.2. The van der Waals surface area contributed by atoms with Gasteiger partial charge in [-0.15, -0.1) is 0 Å². The number of anilines is 1. The normalized spacial score (nSPS) is 14.4. The molecule has 4 rings (SSSR count). The lowest BCUT2D eigenvalue weighted by Crippen LogP contribution is -2.54. The second-order valence-corrected chi connectivity index (χ2v) is 12.7. The van der Waals surface area contributed by atoms with Gasteiger partial charge in [-0.25, -0.2) is 8.42 Å². The summed E-state index contributed by atoms with van der Waals surface area (Å²) in [4.78, 5) is 29.3. The topological polar surface area (TPSA) is 86.8 Å². The van der Waals surface area contributed by atoms with E-state index in [1.54, 1.807) is 48.2 Å². The summed E-state index contributed by atoms with van der Waals surface area (Å²) >= 11 is 6.40. The van der Waals surface area contributed by atoms with Crippen LogP contribution < -0.4 is 9.62 Å². The molecule has 0 aromatic heterocycles. The van der Waals surface area contributed by atoms with Crippen LogP contribution in [0.15, 0.2) is 83.8 Å². The Kier molecular flexibility index (Phi) is 10.5. The Morgan fingerprint density at radius 1 is 0.951 bits per heavy atom. The summed E-state index contributed by atoms with van der Waals surface area (Å²) in [6.45, 7) is 3.40. The van der Waals surface area contributed by atoms with Crippen molar-refractivity contribution in [1.82, 2.24) is 10.2 Å². The quantitative estimate of drug-likeness (QED) is 0.289. The first-order chi connectivity index (χ1) is 19.7. The third-order valence-electron chi connectivity index (χ3n) is 7.69. The van der Waals surface area contributed by atoms with Gasteiger partial charge in [-0.1, -0.05) is 86.0 Å². The number of hydrogen-bond donors (Lipinski definition) is 1. The van der Waals surface area contributed by atoms with Crippen LogP contribution in [0.5, 0.6) is 0 Å². The van der Waals surface area contributed by atoms with Crippen LogP contribution >= 0.6 is 11.6 Å². The summed E-state index contributed by atoms with van der Waals surface area (Å²) in [5.74, 6) is -0.648. The Balaban J connectivity index is 1.69. The van der Waals surface area contributed by atoms with Crippen LogP contribution in [0.2, 0.25) is 5.02 Å². The van der Waals surface area contributed by atoms with Gasteiger partial charge in [-0.3, -0.25) is 13.9 Å². The van der Waals surface area contributed by atoms with E-state index in [2.05, 4.69) is 5.32 Å². The Morgan fingerprint density at radius 3 is 2.22 bits per heavy atom. The van der Waals surface area contributed by atoms with Crippen LogP contribution in [-0.4, -0.2) is 50.3 Å². The summed E-state index contributed by atoms with van der Waals surface area (Å²) in [5, 5.41) is 3.53. The molecule has 3 aromatic carbocycles. The van der Waals surface area contributed by atoms with Gasteiger partial charge in [0.15, 0.2) is 0 Å². The number of hydrogen-bond acceptors (Lipinski definition) is 4. The molecule has 7 nitrogen and oxygen atoms in total. The molecular formula is C32H38ClN3O4S. The summed E-state index contributed by atoms with van der Waals surface area (Å²) in [7, 11) is -4.13. The number of carbonyl (C=O) groups is 2. The van der Waals surface area contributed by atoms with Gasteiger partial charge in [0.2, 0.25) is 11.8 Å². The van der Waals surface area contributed by atoms with E-state index >= 15 is 0 Å². The van der Waals surface area contributed by atoms with Crippen LogP contribution in [0, 0.1) is 6.92 Å². The second-order valence-electron chi connectivity index (χ2n) is 10.4. The fraction of sp³-hybridized carbons (Fsp3) is 0.375. The molecule has 0 radical (unpaired) electrons. The number of amides is 2. The number of sulfonamides is 1. The van der Waals surface area contributed by atoms with Crippen molar-refractivity contribution >= 4 is 39.1 Å². The molecule has 1 aliphatic carbocycles. The molecule has 9 heteroatoms. The molecule has 218 valence electrons. The van der Waals surface area contributed by atoms with Gasteiger partial charge in [-0.2, -0.15) is 0 Å². The minimum absolute atomic E-state index is 0.0639. The van der Waals surface area contributed by atoms with Gasteiger partial charge in [0, 0.05) is 17.6 Å². The molecule has 1 unspecified atom stereocenters. The SMILES string of the molecule is CCC(C(=O)NC1CCCC1)N(CCc1ccccc1)C(=O)CN(c1cccc(Cl)c1C)S(=O)(=O)c1ccccc1. The van der Waals surface area contributed by atoms with Crippen LogP contribution in [0.25, 0.3) is 0 Å². The highest BCUT2D eigenvalue weighted by Crippen LogP contribution is 2.31. The van der Waals surface area contributed by atoms with Crippen molar-refractivity contribution < 1.29 is 18.0 Å². The van der Waals surface area contributed by atoms with Crippen molar-refractivity contribution in [3.05, 3.63) is 95.0 Å². The highest BCUT2D eigenvalue weighted by molar-refractivity contribution is 7.92. The van der Waals surface area contributed by atoms with Crippen molar-refractivity contribution in [3.63, 3.8) is 0 Å². The van der Waals surface area contributed by atoms with E-state index in [-0.39, 0.29) is 23.4 Å². The minimum atomic E-state index is -4.13. The summed E-state index contributed by atoms with van der Waals surface area (Å²) in [5.41, 5.74) is 1.89. The number of nitrogens with one attached hydrogen (secondary N) is 1. The van der Waals surface area contributed by atoms with E-state index in [0.29, 0.717) is 29.1 Å². The van der Waals surface area contributed by atoms with Crippen LogP contribution in [0.1, 0.15) is 50.2 Å².